The predicted octanol–water partition coefficient (Wildman–Crippen LogP) is 3.13. The zero-order chi connectivity index (χ0) is 17.9. The number of thioether (sulfide) groups is 1. The van der Waals surface area contributed by atoms with Crippen LogP contribution in [-0.2, 0) is 16.4 Å². The van der Waals surface area contributed by atoms with Crippen LogP contribution >= 0.6 is 11.8 Å². The summed E-state index contributed by atoms with van der Waals surface area (Å²) >= 11 is 1.79. The molecule has 1 aliphatic rings. The molecule has 134 valence electrons. The molecule has 0 aromatic heterocycles. The number of anilines is 1. The number of piperazine rings is 1. The Labute approximate surface area is 154 Å². The maximum Gasteiger partial charge on any atom is 0.175 e. The molecule has 2 aromatic carbocycles. The highest BCUT2D eigenvalue weighted by molar-refractivity contribution is 7.98. The molecule has 1 heterocycles. The quantitative estimate of drug-likeness (QED) is 0.750. The first-order chi connectivity index (χ1) is 12.0. The molecular weight excluding hydrogens is 352 g/mol. The molecule has 0 N–H and O–H groups in total. The molecule has 2 aromatic rings. The summed E-state index contributed by atoms with van der Waals surface area (Å²) in [6, 6.07) is 15.8. The molecule has 0 aliphatic carbocycles. The van der Waals surface area contributed by atoms with Crippen molar-refractivity contribution >= 4 is 27.3 Å². The minimum absolute atomic E-state index is 0.384. The minimum Gasteiger partial charge on any atom is -0.368 e. The van der Waals surface area contributed by atoms with E-state index in [0.717, 1.165) is 38.3 Å². The van der Waals surface area contributed by atoms with Gasteiger partial charge in [0, 0.05) is 43.9 Å². The number of para-hydroxylation sites is 1. The van der Waals surface area contributed by atoms with Crippen LogP contribution in [0.2, 0.25) is 0 Å². The first-order valence-electron chi connectivity index (χ1n) is 8.37. The molecule has 1 fully saturated rings. The summed E-state index contributed by atoms with van der Waals surface area (Å²) in [5.74, 6) is 0. The average Bonchev–Trinajstić information content (AvgIpc) is 2.62. The highest BCUT2D eigenvalue weighted by Gasteiger charge is 2.19. The number of hydrogen-bond acceptors (Lipinski definition) is 5. The van der Waals surface area contributed by atoms with Gasteiger partial charge in [-0.15, -0.1) is 11.8 Å². The van der Waals surface area contributed by atoms with Crippen LogP contribution in [0, 0.1) is 0 Å². The van der Waals surface area contributed by atoms with Gasteiger partial charge in [-0.3, -0.25) is 4.90 Å². The van der Waals surface area contributed by atoms with E-state index < -0.39 is 9.84 Å². The first-order valence-corrected chi connectivity index (χ1v) is 11.5. The van der Waals surface area contributed by atoms with E-state index in [2.05, 4.69) is 40.3 Å². The summed E-state index contributed by atoms with van der Waals surface area (Å²) in [5, 5.41) is 0. The van der Waals surface area contributed by atoms with Gasteiger partial charge >= 0.3 is 0 Å². The number of sulfone groups is 1. The Morgan fingerprint density at radius 3 is 2.20 bits per heavy atom. The van der Waals surface area contributed by atoms with Gasteiger partial charge in [-0.1, -0.05) is 24.3 Å². The Morgan fingerprint density at radius 1 is 0.960 bits per heavy atom. The first kappa shape index (κ1) is 18.3. The Bertz CT molecular complexity index is 812. The summed E-state index contributed by atoms with van der Waals surface area (Å²) < 4.78 is 23.1. The molecule has 0 radical (unpaired) electrons. The Morgan fingerprint density at radius 2 is 1.60 bits per heavy atom. The lowest BCUT2D eigenvalue weighted by molar-refractivity contribution is 0.249. The second kappa shape index (κ2) is 7.81. The van der Waals surface area contributed by atoms with E-state index in [0.29, 0.717) is 4.90 Å². The van der Waals surface area contributed by atoms with Crippen molar-refractivity contribution in [3.05, 3.63) is 54.1 Å². The molecule has 25 heavy (non-hydrogen) atoms. The van der Waals surface area contributed by atoms with E-state index in [4.69, 9.17) is 0 Å². The Kier molecular flexibility index (Phi) is 5.71. The molecule has 0 amide bonds. The van der Waals surface area contributed by atoms with Crippen molar-refractivity contribution < 1.29 is 8.42 Å². The van der Waals surface area contributed by atoms with Gasteiger partial charge in [0.05, 0.1) is 10.6 Å². The molecule has 0 saturated carbocycles. The van der Waals surface area contributed by atoms with Crippen LogP contribution in [0.3, 0.4) is 0 Å². The number of benzene rings is 2. The molecule has 1 aliphatic heterocycles. The van der Waals surface area contributed by atoms with Crippen molar-refractivity contribution in [3.8, 4) is 0 Å². The summed E-state index contributed by atoms with van der Waals surface area (Å²) in [6.45, 7) is 4.91. The lowest BCUT2D eigenvalue weighted by Crippen LogP contribution is -2.46. The van der Waals surface area contributed by atoms with Crippen LogP contribution in [0.15, 0.2) is 58.3 Å². The third kappa shape index (κ3) is 4.57. The molecule has 4 nitrogen and oxygen atoms in total. The van der Waals surface area contributed by atoms with Gasteiger partial charge in [-0.25, -0.2) is 8.42 Å². The van der Waals surface area contributed by atoms with Crippen LogP contribution in [0.1, 0.15) is 5.56 Å². The van der Waals surface area contributed by atoms with Gasteiger partial charge in [0.2, 0.25) is 0 Å². The second-order valence-corrected chi connectivity index (χ2v) is 9.21. The smallest absolute Gasteiger partial charge is 0.175 e. The normalized spacial score (nSPS) is 16.2. The Hall–Kier alpha value is -1.50. The van der Waals surface area contributed by atoms with Crippen LogP contribution < -0.4 is 4.90 Å². The maximum absolute atomic E-state index is 11.5. The van der Waals surface area contributed by atoms with Gasteiger partial charge in [-0.2, -0.15) is 0 Å². The van der Waals surface area contributed by atoms with E-state index in [-0.39, 0.29) is 0 Å². The minimum atomic E-state index is -3.12. The van der Waals surface area contributed by atoms with Gasteiger partial charge in [0.1, 0.15) is 0 Å². The van der Waals surface area contributed by atoms with E-state index >= 15 is 0 Å². The molecular formula is C19H24N2O2S2. The molecule has 0 unspecified atom stereocenters. The topological polar surface area (TPSA) is 40.6 Å². The SMILES string of the molecule is CSc1ccccc1N1CCN(Cc2ccc(S(C)(=O)=O)cc2)CC1. The average molecular weight is 377 g/mol. The zero-order valence-corrected chi connectivity index (χ0v) is 16.3. The van der Waals surface area contributed by atoms with Crippen LogP contribution in [0.25, 0.3) is 0 Å². The maximum atomic E-state index is 11.5. The van der Waals surface area contributed by atoms with E-state index in [1.807, 2.05) is 12.1 Å². The van der Waals surface area contributed by atoms with Gasteiger partial charge in [0.25, 0.3) is 0 Å². The largest absolute Gasteiger partial charge is 0.368 e. The van der Waals surface area contributed by atoms with E-state index in [1.54, 1.807) is 23.9 Å². The van der Waals surface area contributed by atoms with Crippen LogP contribution in [-0.4, -0.2) is 52.0 Å². The monoisotopic (exact) mass is 376 g/mol. The van der Waals surface area contributed by atoms with E-state index in [1.165, 1.54) is 16.8 Å². The van der Waals surface area contributed by atoms with Crippen molar-refractivity contribution in [2.45, 2.75) is 16.3 Å². The molecule has 3 rings (SSSR count). The van der Waals surface area contributed by atoms with Crippen molar-refractivity contribution in [3.63, 3.8) is 0 Å². The fourth-order valence-corrected chi connectivity index (χ4v) is 4.39. The highest BCUT2D eigenvalue weighted by Crippen LogP contribution is 2.29. The third-order valence-electron chi connectivity index (χ3n) is 4.56. The van der Waals surface area contributed by atoms with Crippen molar-refractivity contribution in [2.75, 3.05) is 43.6 Å². The van der Waals surface area contributed by atoms with Crippen molar-refractivity contribution in [1.29, 1.82) is 0 Å². The lowest BCUT2D eigenvalue weighted by atomic mass is 10.2. The summed E-state index contributed by atoms with van der Waals surface area (Å²) in [6.07, 6.45) is 3.36. The Balaban J connectivity index is 1.59. The van der Waals surface area contributed by atoms with Gasteiger partial charge in [0.15, 0.2) is 9.84 Å². The predicted molar refractivity (Wildman–Crippen MR) is 105 cm³/mol. The summed E-state index contributed by atoms with van der Waals surface area (Å²) in [4.78, 5) is 6.59. The summed E-state index contributed by atoms with van der Waals surface area (Å²) in [7, 11) is -3.12. The highest BCUT2D eigenvalue weighted by atomic mass is 32.2. The molecule has 0 atom stereocenters. The molecule has 0 spiro atoms. The standard InChI is InChI=1S/C19H24N2O2S2/c1-24-19-6-4-3-5-18(19)21-13-11-20(12-14-21)15-16-7-9-17(10-8-16)25(2,22)23/h3-10H,11-15H2,1-2H3. The number of hydrogen-bond donors (Lipinski definition) is 0. The zero-order valence-electron chi connectivity index (χ0n) is 14.7. The van der Waals surface area contributed by atoms with Gasteiger partial charge < -0.3 is 4.90 Å². The molecule has 0 bridgehead atoms. The number of nitrogens with zero attached hydrogens (tertiary/aromatic N) is 2. The third-order valence-corrected chi connectivity index (χ3v) is 6.47. The molecule has 1 saturated heterocycles. The van der Waals surface area contributed by atoms with Crippen molar-refractivity contribution in [1.82, 2.24) is 4.90 Å². The summed E-state index contributed by atoms with van der Waals surface area (Å²) in [5.41, 5.74) is 2.48. The van der Waals surface area contributed by atoms with E-state index in [9.17, 15) is 8.42 Å². The fraction of sp³-hybridized carbons (Fsp3) is 0.368. The van der Waals surface area contributed by atoms with Crippen LogP contribution in [0.4, 0.5) is 5.69 Å². The van der Waals surface area contributed by atoms with Gasteiger partial charge in [-0.05, 0) is 36.1 Å². The van der Waals surface area contributed by atoms with Crippen LogP contribution in [0.5, 0.6) is 0 Å². The number of rotatable bonds is 5. The fourth-order valence-electron chi connectivity index (χ4n) is 3.14. The molecule has 6 heteroatoms. The second-order valence-electron chi connectivity index (χ2n) is 6.35. The lowest BCUT2D eigenvalue weighted by Gasteiger charge is -2.36. The van der Waals surface area contributed by atoms with Crippen molar-refractivity contribution in [2.24, 2.45) is 0 Å².